The summed E-state index contributed by atoms with van der Waals surface area (Å²) in [5.74, 6) is -0.153. The monoisotopic (exact) mass is 449 g/mol. The standard InChI is InChI=1S/C25H27N3O3S/c1-18-15-22(20-7-4-3-5-8-20)16-25(26-18)21-9-6-14-28(17-21)32(30,31)24-12-10-23(11-13-24)27-19(2)29/h3-5,7-8,10-13,15-16,21H,6,9,14,17H2,1-2H3,(H,27,29). The van der Waals surface area contributed by atoms with Gasteiger partial charge in [-0.25, -0.2) is 8.42 Å². The highest BCUT2D eigenvalue weighted by Gasteiger charge is 2.31. The van der Waals surface area contributed by atoms with Gasteiger partial charge in [-0.3, -0.25) is 9.78 Å². The van der Waals surface area contributed by atoms with Gasteiger partial charge >= 0.3 is 0 Å². The fraction of sp³-hybridized carbons (Fsp3) is 0.280. The summed E-state index contributed by atoms with van der Waals surface area (Å²) in [7, 11) is -3.63. The molecule has 1 N–H and O–H groups in total. The van der Waals surface area contributed by atoms with Crippen LogP contribution in [0.4, 0.5) is 5.69 Å². The van der Waals surface area contributed by atoms with Crippen molar-refractivity contribution in [3.8, 4) is 11.1 Å². The first-order valence-electron chi connectivity index (χ1n) is 10.7. The Bertz CT molecular complexity index is 1210. The molecule has 4 rings (SSSR count). The van der Waals surface area contributed by atoms with Crippen molar-refractivity contribution in [3.63, 3.8) is 0 Å². The zero-order valence-electron chi connectivity index (χ0n) is 18.3. The maximum absolute atomic E-state index is 13.3. The summed E-state index contributed by atoms with van der Waals surface area (Å²) >= 11 is 0. The Balaban J connectivity index is 1.57. The average Bonchev–Trinajstić information content (AvgIpc) is 2.79. The number of nitrogens with one attached hydrogen (secondary N) is 1. The molecule has 1 unspecified atom stereocenters. The summed E-state index contributed by atoms with van der Waals surface area (Å²) in [5, 5.41) is 2.66. The zero-order valence-corrected chi connectivity index (χ0v) is 19.1. The third-order valence-corrected chi connectivity index (χ3v) is 7.57. The Labute approximate surface area is 189 Å². The van der Waals surface area contributed by atoms with E-state index in [1.165, 1.54) is 6.92 Å². The van der Waals surface area contributed by atoms with E-state index in [0.717, 1.165) is 35.4 Å². The highest BCUT2D eigenvalue weighted by Crippen LogP contribution is 2.32. The number of sulfonamides is 1. The number of rotatable bonds is 5. The molecule has 0 aliphatic carbocycles. The maximum atomic E-state index is 13.3. The molecule has 1 saturated heterocycles. The normalized spacial score (nSPS) is 17.1. The molecule has 1 atom stereocenters. The molecule has 0 radical (unpaired) electrons. The van der Waals surface area contributed by atoms with E-state index < -0.39 is 10.0 Å². The largest absolute Gasteiger partial charge is 0.326 e. The third-order valence-electron chi connectivity index (χ3n) is 5.70. The van der Waals surface area contributed by atoms with Gasteiger partial charge in [0.15, 0.2) is 0 Å². The lowest BCUT2D eigenvalue weighted by Crippen LogP contribution is -2.39. The smallest absolute Gasteiger partial charge is 0.243 e. The Kier molecular flexibility index (Phi) is 6.39. The Morgan fingerprint density at radius 1 is 1.03 bits per heavy atom. The van der Waals surface area contributed by atoms with E-state index in [2.05, 4.69) is 29.6 Å². The zero-order chi connectivity index (χ0) is 22.7. The van der Waals surface area contributed by atoms with E-state index in [0.29, 0.717) is 18.8 Å². The van der Waals surface area contributed by atoms with Gasteiger partial charge in [-0.2, -0.15) is 4.31 Å². The molecule has 0 spiro atoms. The molecule has 2 aromatic carbocycles. The van der Waals surface area contributed by atoms with Crippen LogP contribution in [0, 0.1) is 6.92 Å². The van der Waals surface area contributed by atoms with Crippen LogP contribution in [-0.4, -0.2) is 36.7 Å². The number of hydrogen-bond donors (Lipinski definition) is 1. The van der Waals surface area contributed by atoms with Crippen molar-refractivity contribution in [2.24, 2.45) is 0 Å². The van der Waals surface area contributed by atoms with E-state index in [9.17, 15) is 13.2 Å². The molecule has 1 aliphatic heterocycles. The van der Waals surface area contributed by atoms with Crippen LogP contribution in [0.15, 0.2) is 71.6 Å². The molecule has 1 fully saturated rings. The lowest BCUT2D eigenvalue weighted by molar-refractivity contribution is -0.114. The molecule has 166 valence electrons. The van der Waals surface area contributed by atoms with Crippen LogP contribution in [0.2, 0.25) is 0 Å². The molecule has 0 saturated carbocycles. The quantitative estimate of drug-likeness (QED) is 0.618. The van der Waals surface area contributed by atoms with Crippen molar-refractivity contribution in [2.75, 3.05) is 18.4 Å². The minimum atomic E-state index is -3.63. The van der Waals surface area contributed by atoms with E-state index in [-0.39, 0.29) is 16.7 Å². The molecule has 3 aromatic rings. The number of aromatic nitrogens is 1. The second-order valence-corrected chi connectivity index (χ2v) is 10.1. The molecule has 1 aliphatic rings. The molecule has 32 heavy (non-hydrogen) atoms. The van der Waals surface area contributed by atoms with Gasteiger partial charge < -0.3 is 5.32 Å². The molecule has 2 heterocycles. The number of anilines is 1. The van der Waals surface area contributed by atoms with Crippen molar-refractivity contribution in [2.45, 2.75) is 37.5 Å². The second-order valence-electron chi connectivity index (χ2n) is 8.20. The van der Waals surface area contributed by atoms with E-state index in [4.69, 9.17) is 4.98 Å². The predicted octanol–water partition coefficient (Wildman–Crippen LogP) is 4.58. The molecule has 1 amide bonds. The molecule has 1 aromatic heterocycles. The fourth-order valence-corrected chi connectivity index (χ4v) is 5.69. The fourth-order valence-electron chi connectivity index (χ4n) is 4.17. The van der Waals surface area contributed by atoms with Crippen molar-refractivity contribution < 1.29 is 13.2 Å². The van der Waals surface area contributed by atoms with Gasteiger partial charge in [-0.15, -0.1) is 0 Å². The first-order valence-corrected chi connectivity index (χ1v) is 12.2. The summed E-state index contributed by atoms with van der Waals surface area (Å²) in [6.45, 7) is 4.29. The number of hydrogen-bond acceptors (Lipinski definition) is 4. The Hall–Kier alpha value is -3.03. The van der Waals surface area contributed by atoms with Gasteiger partial charge in [0.2, 0.25) is 15.9 Å². The van der Waals surface area contributed by atoms with Crippen molar-refractivity contribution in [3.05, 3.63) is 78.1 Å². The predicted molar refractivity (Wildman–Crippen MR) is 126 cm³/mol. The van der Waals surface area contributed by atoms with Crippen LogP contribution in [-0.2, 0) is 14.8 Å². The van der Waals surface area contributed by atoms with Crippen LogP contribution in [0.25, 0.3) is 11.1 Å². The number of aryl methyl sites for hydroxylation is 1. The lowest BCUT2D eigenvalue weighted by Gasteiger charge is -2.32. The highest BCUT2D eigenvalue weighted by atomic mass is 32.2. The summed E-state index contributed by atoms with van der Waals surface area (Å²) in [6, 6.07) is 20.6. The average molecular weight is 450 g/mol. The summed E-state index contributed by atoms with van der Waals surface area (Å²) in [5.41, 5.74) is 4.66. The number of pyridine rings is 1. The summed E-state index contributed by atoms with van der Waals surface area (Å²) < 4.78 is 28.1. The first kappa shape index (κ1) is 22.2. The van der Waals surface area contributed by atoms with Crippen LogP contribution < -0.4 is 5.32 Å². The van der Waals surface area contributed by atoms with Gasteiger partial charge in [-0.1, -0.05) is 30.3 Å². The number of carbonyl (C=O) groups excluding carboxylic acids is 1. The second kappa shape index (κ2) is 9.22. The molecular weight excluding hydrogens is 422 g/mol. The van der Waals surface area contributed by atoms with Crippen LogP contribution in [0.1, 0.15) is 37.1 Å². The van der Waals surface area contributed by atoms with Crippen molar-refractivity contribution >= 4 is 21.6 Å². The van der Waals surface area contributed by atoms with Gasteiger partial charge in [0.05, 0.1) is 4.90 Å². The van der Waals surface area contributed by atoms with E-state index in [1.807, 2.05) is 25.1 Å². The van der Waals surface area contributed by atoms with Crippen molar-refractivity contribution in [1.29, 1.82) is 0 Å². The Morgan fingerprint density at radius 3 is 2.44 bits per heavy atom. The summed E-state index contributed by atoms with van der Waals surface area (Å²) in [4.78, 5) is 16.2. The van der Waals surface area contributed by atoms with Gasteiger partial charge in [0.25, 0.3) is 0 Å². The SMILES string of the molecule is CC(=O)Nc1ccc(S(=O)(=O)N2CCCC(c3cc(-c4ccccc4)cc(C)n3)C2)cc1. The summed E-state index contributed by atoms with van der Waals surface area (Å²) in [6.07, 6.45) is 1.68. The van der Waals surface area contributed by atoms with E-state index >= 15 is 0 Å². The van der Waals surface area contributed by atoms with Crippen LogP contribution in [0.3, 0.4) is 0 Å². The minimum absolute atomic E-state index is 0.0412. The topological polar surface area (TPSA) is 79.4 Å². The van der Waals surface area contributed by atoms with Gasteiger partial charge in [0, 0.05) is 43.0 Å². The van der Waals surface area contributed by atoms with Crippen molar-refractivity contribution in [1.82, 2.24) is 9.29 Å². The number of piperidine rings is 1. The van der Waals surface area contributed by atoms with E-state index in [1.54, 1.807) is 28.6 Å². The maximum Gasteiger partial charge on any atom is 0.243 e. The lowest BCUT2D eigenvalue weighted by atomic mass is 9.93. The van der Waals surface area contributed by atoms with Gasteiger partial charge in [-0.05, 0) is 67.3 Å². The molecule has 6 nitrogen and oxygen atoms in total. The first-order chi connectivity index (χ1) is 15.3. The highest BCUT2D eigenvalue weighted by molar-refractivity contribution is 7.89. The molecule has 0 bridgehead atoms. The third kappa shape index (κ3) is 4.89. The van der Waals surface area contributed by atoms with Crippen LogP contribution >= 0.6 is 0 Å². The van der Waals surface area contributed by atoms with Gasteiger partial charge in [0.1, 0.15) is 0 Å². The number of amides is 1. The number of nitrogens with zero attached hydrogens (tertiary/aromatic N) is 2. The minimum Gasteiger partial charge on any atom is -0.326 e. The number of carbonyl (C=O) groups is 1. The van der Waals surface area contributed by atoms with Crippen LogP contribution in [0.5, 0.6) is 0 Å². The Morgan fingerprint density at radius 2 is 1.75 bits per heavy atom. The molecule has 7 heteroatoms. The molecular formula is C25H27N3O3S. The number of benzene rings is 2.